The highest BCUT2D eigenvalue weighted by molar-refractivity contribution is 5.91. The second-order valence-electron chi connectivity index (χ2n) is 7.55. The molecule has 1 aliphatic rings. The van der Waals surface area contributed by atoms with Crippen LogP contribution in [0.5, 0.6) is 0 Å². The maximum atomic E-state index is 13.2. The number of aliphatic hydroxyl groups excluding tert-OH is 1. The summed E-state index contributed by atoms with van der Waals surface area (Å²) in [6.07, 6.45) is 3.74. The molecule has 3 amide bonds. The molecule has 1 aliphatic heterocycles. The van der Waals surface area contributed by atoms with Crippen molar-refractivity contribution in [1.29, 1.82) is 0 Å². The number of hydrogen-bond donors (Lipinski definition) is 3. The van der Waals surface area contributed by atoms with E-state index >= 15 is 0 Å². The van der Waals surface area contributed by atoms with Gasteiger partial charge in [-0.1, -0.05) is 30.3 Å². The van der Waals surface area contributed by atoms with Gasteiger partial charge in [-0.25, -0.2) is 4.79 Å². The molecule has 1 fully saturated rings. The molecule has 2 unspecified atom stereocenters. The zero-order valence-corrected chi connectivity index (χ0v) is 17.4. The lowest BCUT2D eigenvalue weighted by molar-refractivity contribution is -0.131. The summed E-state index contributed by atoms with van der Waals surface area (Å²) in [5.74, 6) is -0.0604. The molecule has 1 saturated heterocycles. The van der Waals surface area contributed by atoms with Crippen molar-refractivity contribution in [2.24, 2.45) is 0 Å². The zero-order valence-electron chi connectivity index (χ0n) is 17.4. The van der Waals surface area contributed by atoms with Crippen LogP contribution in [-0.2, 0) is 11.2 Å². The average molecular weight is 412 g/mol. The molecule has 0 bridgehead atoms. The third-order valence-electron chi connectivity index (χ3n) is 5.45. The molecule has 2 heterocycles. The summed E-state index contributed by atoms with van der Waals surface area (Å²) in [6, 6.07) is 11.2. The summed E-state index contributed by atoms with van der Waals surface area (Å²) >= 11 is 0. The lowest BCUT2D eigenvalue weighted by Crippen LogP contribution is -2.39. The Balaban J connectivity index is 1.76. The van der Waals surface area contributed by atoms with Crippen molar-refractivity contribution in [2.75, 3.05) is 39.0 Å². The van der Waals surface area contributed by atoms with E-state index in [2.05, 4.69) is 20.5 Å². The van der Waals surface area contributed by atoms with Crippen LogP contribution in [0.4, 0.5) is 10.5 Å². The fourth-order valence-electron chi connectivity index (χ4n) is 3.69. The van der Waals surface area contributed by atoms with Crippen molar-refractivity contribution >= 4 is 17.6 Å². The van der Waals surface area contributed by atoms with Gasteiger partial charge in [0.2, 0.25) is 5.91 Å². The van der Waals surface area contributed by atoms with Crippen LogP contribution in [0.3, 0.4) is 0 Å². The van der Waals surface area contributed by atoms with Crippen LogP contribution in [0.2, 0.25) is 0 Å². The molecule has 3 rings (SSSR count). The molecule has 160 valence electrons. The van der Waals surface area contributed by atoms with Crippen molar-refractivity contribution < 1.29 is 14.7 Å². The number of aromatic nitrogens is 1. The van der Waals surface area contributed by atoms with E-state index in [9.17, 15) is 14.7 Å². The molecule has 2 atom stereocenters. The molecule has 0 spiro atoms. The van der Waals surface area contributed by atoms with Crippen molar-refractivity contribution in [2.45, 2.75) is 25.0 Å². The quantitative estimate of drug-likeness (QED) is 0.644. The Kier molecular flexibility index (Phi) is 7.37. The number of carbonyl (C=O) groups excluding carboxylic acids is 2. The van der Waals surface area contributed by atoms with Crippen molar-refractivity contribution in [1.82, 2.24) is 20.1 Å². The highest BCUT2D eigenvalue weighted by atomic mass is 16.3. The summed E-state index contributed by atoms with van der Waals surface area (Å²) < 4.78 is 0. The topological polar surface area (TPSA) is 97.8 Å². The van der Waals surface area contributed by atoms with E-state index in [0.29, 0.717) is 24.3 Å². The summed E-state index contributed by atoms with van der Waals surface area (Å²) in [7, 11) is 3.34. The SMILES string of the molecule is CNC(=O)Nc1cnccc1CC(=O)N(C)C(CN1CCC(O)C1)c1ccccc1. The van der Waals surface area contributed by atoms with E-state index in [4.69, 9.17) is 0 Å². The number of benzene rings is 1. The fraction of sp³-hybridized carbons (Fsp3) is 0.409. The first-order valence-corrected chi connectivity index (χ1v) is 10.1. The Labute approximate surface area is 176 Å². The second-order valence-corrected chi connectivity index (χ2v) is 7.55. The number of likely N-dealkylation sites (tertiary alicyclic amines) is 1. The summed E-state index contributed by atoms with van der Waals surface area (Å²) in [4.78, 5) is 32.9. The van der Waals surface area contributed by atoms with Gasteiger partial charge in [-0.15, -0.1) is 0 Å². The van der Waals surface area contributed by atoms with E-state index in [1.165, 1.54) is 13.2 Å². The standard InChI is InChI=1S/C22H29N5O3/c1-23-22(30)25-19-13-24-10-8-17(19)12-21(29)26(2)20(16-6-4-3-5-7-16)15-27-11-9-18(28)14-27/h3-8,10,13,18,20,28H,9,11-12,14-15H2,1-2H3,(H2,23,25,30). The summed E-state index contributed by atoms with van der Waals surface area (Å²) in [5, 5.41) is 15.1. The Morgan fingerprint density at radius 1 is 1.30 bits per heavy atom. The van der Waals surface area contributed by atoms with E-state index in [-0.39, 0.29) is 30.5 Å². The highest BCUT2D eigenvalue weighted by Crippen LogP contribution is 2.24. The molecule has 30 heavy (non-hydrogen) atoms. The van der Waals surface area contributed by atoms with E-state index in [1.54, 1.807) is 24.2 Å². The fourth-order valence-corrected chi connectivity index (χ4v) is 3.69. The number of aliphatic hydroxyl groups is 1. The number of amides is 3. The third kappa shape index (κ3) is 5.55. The number of anilines is 1. The van der Waals surface area contributed by atoms with Crippen molar-refractivity contribution in [3.8, 4) is 0 Å². The molecular weight excluding hydrogens is 382 g/mol. The minimum atomic E-state index is -0.361. The van der Waals surface area contributed by atoms with Gasteiger partial charge >= 0.3 is 6.03 Å². The van der Waals surface area contributed by atoms with Gasteiger partial charge in [0.25, 0.3) is 0 Å². The number of rotatable bonds is 7. The van der Waals surface area contributed by atoms with Gasteiger partial charge in [0.1, 0.15) is 0 Å². The molecule has 1 aromatic heterocycles. The maximum Gasteiger partial charge on any atom is 0.319 e. The lowest BCUT2D eigenvalue weighted by atomic mass is 10.0. The number of hydrogen-bond acceptors (Lipinski definition) is 5. The predicted molar refractivity (Wildman–Crippen MR) is 115 cm³/mol. The number of likely N-dealkylation sites (N-methyl/N-ethyl adjacent to an activating group) is 1. The van der Waals surface area contributed by atoms with Gasteiger partial charge in [0.15, 0.2) is 0 Å². The van der Waals surface area contributed by atoms with Gasteiger partial charge in [-0.3, -0.25) is 14.7 Å². The molecule has 1 aromatic carbocycles. The Hall–Kier alpha value is -2.97. The number of pyridine rings is 1. The van der Waals surface area contributed by atoms with Gasteiger partial charge in [-0.05, 0) is 23.6 Å². The van der Waals surface area contributed by atoms with Crippen LogP contribution in [0, 0.1) is 0 Å². The van der Waals surface area contributed by atoms with E-state index in [0.717, 1.165) is 18.5 Å². The van der Waals surface area contributed by atoms with E-state index in [1.807, 2.05) is 30.3 Å². The maximum absolute atomic E-state index is 13.2. The van der Waals surface area contributed by atoms with Gasteiger partial charge in [-0.2, -0.15) is 0 Å². The number of carbonyl (C=O) groups is 2. The zero-order chi connectivity index (χ0) is 21.5. The first-order valence-electron chi connectivity index (χ1n) is 10.1. The van der Waals surface area contributed by atoms with Crippen LogP contribution >= 0.6 is 0 Å². The van der Waals surface area contributed by atoms with Crippen LogP contribution in [0.15, 0.2) is 48.8 Å². The van der Waals surface area contributed by atoms with E-state index < -0.39 is 0 Å². The van der Waals surface area contributed by atoms with Gasteiger partial charge in [0.05, 0.1) is 30.5 Å². The van der Waals surface area contributed by atoms with Crippen molar-refractivity contribution in [3.63, 3.8) is 0 Å². The number of urea groups is 1. The minimum Gasteiger partial charge on any atom is -0.392 e. The van der Waals surface area contributed by atoms with Crippen LogP contribution < -0.4 is 10.6 Å². The molecule has 0 saturated carbocycles. The monoisotopic (exact) mass is 411 g/mol. The summed E-state index contributed by atoms with van der Waals surface area (Å²) in [6.45, 7) is 2.09. The van der Waals surface area contributed by atoms with Crippen LogP contribution in [0.25, 0.3) is 0 Å². The molecular formula is C22H29N5O3. The molecule has 8 nitrogen and oxygen atoms in total. The minimum absolute atomic E-state index is 0.0604. The number of nitrogens with one attached hydrogen (secondary N) is 2. The molecule has 8 heteroatoms. The Morgan fingerprint density at radius 3 is 2.73 bits per heavy atom. The van der Waals surface area contributed by atoms with Gasteiger partial charge in [0, 0.05) is 39.9 Å². The van der Waals surface area contributed by atoms with Crippen LogP contribution in [0.1, 0.15) is 23.6 Å². The molecule has 2 aromatic rings. The average Bonchev–Trinajstić information content (AvgIpc) is 3.18. The van der Waals surface area contributed by atoms with Crippen molar-refractivity contribution in [3.05, 3.63) is 59.9 Å². The first-order chi connectivity index (χ1) is 14.5. The summed E-state index contributed by atoms with van der Waals surface area (Å²) in [5.41, 5.74) is 2.26. The third-order valence-corrected chi connectivity index (χ3v) is 5.45. The van der Waals surface area contributed by atoms with Gasteiger partial charge < -0.3 is 20.6 Å². The molecule has 3 N–H and O–H groups in total. The first kappa shape index (κ1) is 21.7. The lowest BCUT2D eigenvalue weighted by Gasteiger charge is -2.32. The molecule has 0 radical (unpaired) electrons. The van der Waals surface area contributed by atoms with Crippen LogP contribution in [-0.4, -0.2) is 71.7 Å². The number of β-amino-alcohol motifs (C(OH)–C–C–N with tert-alkyl or cyclic N) is 1. The highest BCUT2D eigenvalue weighted by Gasteiger charge is 2.28. The molecule has 0 aliphatic carbocycles. The number of nitrogens with zero attached hydrogens (tertiary/aromatic N) is 3. The Morgan fingerprint density at radius 2 is 2.07 bits per heavy atom. The normalized spacial score (nSPS) is 17.4. The second kappa shape index (κ2) is 10.2. The predicted octanol–water partition coefficient (Wildman–Crippen LogP) is 1.64. The smallest absolute Gasteiger partial charge is 0.319 e. The Bertz CT molecular complexity index is 861. The largest absolute Gasteiger partial charge is 0.392 e.